The van der Waals surface area contributed by atoms with Crippen molar-refractivity contribution in [2.45, 2.75) is 13.3 Å². The predicted molar refractivity (Wildman–Crippen MR) is 55.9 cm³/mol. The van der Waals surface area contributed by atoms with E-state index < -0.39 is 23.4 Å². The second-order valence-electron chi connectivity index (χ2n) is 3.29. The molecule has 0 saturated heterocycles. The molecule has 17 heavy (non-hydrogen) atoms. The minimum Gasteiger partial charge on any atom is -0.358 e. The van der Waals surface area contributed by atoms with E-state index in [1.807, 2.05) is 6.92 Å². The number of rotatable bonds is 5. The van der Waals surface area contributed by atoms with Crippen LogP contribution in [0, 0.1) is 17.6 Å². The third-order valence-electron chi connectivity index (χ3n) is 1.88. The maximum absolute atomic E-state index is 13.1. The summed E-state index contributed by atoms with van der Waals surface area (Å²) in [5.74, 6) is -4.70. The van der Waals surface area contributed by atoms with Gasteiger partial charge in [0.1, 0.15) is 0 Å². The van der Waals surface area contributed by atoms with Crippen LogP contribution in [0.1, 0.15) is 13.3 Å². The molecular formula is C10H12F3N3O. The lowest BCUT2D eigenvalue weighted by Gasteiger charge is -2.07. The van der Waals surface area contributed by atoms with Crippen molar-refractivity contribution < 1.29 is 18.0 Å². The first-order valence-electron chi connectivity index (χ1n) is 5.06. The minimum absolute atomic E-state index is 0.255. The third kappa shape index (κ3) is 3.93. The summed E-state index contributed by atoms with van der Waals surface area (Å²) in [6.45, 7) is 2.12. The second-order valence-corrected chi connectivity index (χ2v) is 3.29. The van der Waals surface area contributed by atoms with Crippen LogP contribution in [0.15, 0.2) is 6.07 Å². The molecule has 0 saturated carbocycles. The first-order chi connectivity index (χ1) is 8.04. The smallest absolute Gasteiger partial charge is 0.251 e. The van der Waals surface area contributed by atoms with Crippen LogP contribution < -0.4 is 10.6 Å². The Morgan fingerprint density at radius 1 is 1.35 bits per heavy atom. The van der Waals surface area contributed by atoms with Crippen LogP contribution in [-0.4, -0.2) is 24.0 Å². The summed E-state index contributed by atoms with van der Waals surface area (Å²) >= 11 is 0. The van der Waals surface area contributed by atoms with Gasteiger partial charge < -0.3 is 10.6 Å². The van der Waals surface area contributed by atoms with E-state index in [0.29, 0.717) is 12.6 Å². The lowest BCUT2D eigenvalue weighted by atomic mass is 10.4. The van der Waals surface area contributed by atoms with Gasteiger partial charge in [-0.3, -0.25) is 4.79 Å². The summed E-state index contributed by atoms with van der Waals surface area (Å²) in [7, 11) is 0. The maximum Gasteiger partial charge on any atom is 0.251 e. The molecule has 1 aromatic heterocycles. The average molecular weight is 247 g/mol. The highest BCUT2D eigenvalue weighted by molar-refractivity contribution is 5.80. The fourth-order valence-corrected chi connectivity index (χ4v) is 1.06. The molecule has 0 bridgehead atoms. The first kappa shape index (κ1) is 13.3. The lowest BCUT2D eigenvalue weighted by Crippen LogP contribution is -2.30. The number of hydrogen-bond donors (Lipinski definition) is 2. The summed E-state index contributed by atoms with van der Waals surface area (Å²) < 4.78 is 38.3. The molecule has 0 radical (unpaired) electrons. The van der Waals surface area contributed by atoms with E-state index in [1.165, 1.54) is 0 Å². The molecule has 0 atom stereocenters. The number of aromatic nitrogens is 1. The number of hydrogen-bond acceptors (Lipinski definition) is 3. The first-order valence-corrected chi connectivity index (χ1v) is 5.06. The quantitative estimate of drug-likeness (QED) is 0.774. The molecule has 4 nitrogen and oxygen atoms in total. The number of nitrogens with zero attached hydrogens (tertiary/aromatic N) is 1. The maximum atomic E-state index is 13.1. The van der Waals surface area contributed by atoms with Crippen molar-refractivity contribution in [2.24, 2.45) is 0 Å². The fourth-order valence-electron chi connectivity index (χ4n) is 1.06. The number of halogens is 3. The zero-order valence-corrected chi connectivity index (χ0v) is 9.19. The summed E-state index contributed by atoms with van der Waals surface area (Å²) in [4.78, 5) is 14.2. The van der Waals surface area contributed by atoms with Gasteiger partial charge in [-0.15, -0.1) is 0 Å². The molecule has 0 fully saturated rings. The average Bonchev–Trinajstić information content (AvgIpc) is 2.29. The largest absolute Gasteiger partial charge is 0.358 e. The molecule has 0 unspecified atom stereocenters. The number of carbonyl (C=O) groups is 1. The molecule has 94 valence electrons. The van der Waals surface area contributed by atoms with Crippen molar-refractivity contribution in [3.05, 3.63) is 23.6 Å². The van der Waals surface area contributed by atoms with Gasteiger partial charge in [0.25, 0.3) is 5.95 Å². The Hall–Kier alpha value is -1.79. The SMILES string of the molecule is CCCNC(=O)CNc1nc(F)c(F)cc1F. The summed E-state index contributed by atoms with van der Waals surface area (Å²) in [6, 6.07) is 0.370. The topological polar surface area (TPSA) is 54.0 Å². The number of carbonyl (C=O) groups excluding carboxylic acids is 1. The Balaban J connectivity index is 2.57. The molecule has 1 amide bonds. The highest BCUT2D eigenvalue weighted by Crippen LogP contribution is 2.13. The summed E-state index contributed by atoms with van der Waals surface area (Å²) in [5.41, 5.74) is 0. The van der Waals surface area contributed by atoms with Gasteiger partial charge in [-0.1, -0.05) is 6.92 Å². The predicted octanol–water partition coefficient (Wildman–Crippen LogP) is 1.44. The third-order valence-corrected chi connectivity index (χ3v) is 1.88. The molecule has 1 heterocycles. The van der Waals surface area contributed by atoms with Crippen molar-refractivity contribution in [2.75, 3.05) is 18.4 Å². The van der Waals surface area contributed by atoms with Crippen LogP contribution in [0.3, 0.4) is 0 Å². The van der Waals surface area contributed by atoms with E-state index in [0.717, 1.165) is 6.42 Å². The van der Waals surface area contributed by atoms with Gasteiger partial charge in [0.05, 0.1) is 6.54 Å². The molecule has 0 aliphatic rings. The molecule has 0 aromatic carbocycles. The van der Waals surface area contributed by atoms with Crippen molar-refractivity contribution in [1.82, 2.24) is 10.3 Å². The summed E-state index contributed by atoms with van der Waals surface area (Å²) in [5, 5.41) is 4.81. The number of anilines is 1. The Kier molecular flexibility index (Phi) is 4.74. The van der Waals surface area contributed by atoms with Crippen LogP contribution in [0.2, 0.25) is 0 Å². The van der Waals surface area contributed by atoms with Gasteiger partial charge in [0.15, 0.2) is 17.5 Å². The highest BCUT2D eigenvalue weighted by atomic mass is 19.2. The molecular weight excluding hydrogens is 235 g/mol. The van der Waals surface area contributed by atoms with E-state index >= 15 is 0 Å². The van der Waals surface area contributed by atoms with Gasteiger partial charge in [-0.2, -0.15) is 9.37 Å². The fraction of sp³-hybridized carbons (Fsp3) is 0.400. The van der Waals surface area contributed by atoms with E-state index in [9.17, 15) is 18.0 Å². The van der Waals surface area contributed by atoms with Gasteiger partial charge in [0.2, 0.25) is 5.91 Å². The zero-order chi connectivity index (χ0) is 12.8. The molecule has 1 rings (SSSR count). The number of pyridine rings is 1. The molecule has 0 aliphatic carbocycles. The van der Waals surface area contributed by atoms with Crippen molar-refractivity contribution >= 4 is 11.7 Å². The molecule has 0 aliphatic heterocycles. The Bertz CT molecular complexity index is 412. The molecule has 7 heteroatoms. The van der Waals surface area contributed by atoms with Crippen molar-refractivity contribution in [1.29, 1.82) is 0 Å². The van der Waals surface area contributed by atoms with E-state index in [-0.39, 0.29) is 12.5 Å². The van der Waals surface area contributed by atoms with Crippen LogP contribution in [0.25, 0.3) is 0 Å². The summed E-state index contributed by atoms with van der Waals surface area (Å²) in [6.07, 6.45) is 0.767. The van der Waals surface area contributed by atoms with Gasteiger partial charge in [-0.25, -0.2) is 8.78 Å². The zero-order valence-electron chi connectivity index (χ0n) is 9.19. The lowest BCUT2D eigenvalue weighted by molar-refractivity contribution is -0.119. The molecule has 1 aromatic rings. The van der Waals surface area contributed by atoms with Crippen LogP contribution >= 0.6 is 0 Å². The number of amides is 1. The Morgan fingerprint density at radius 2 is 2.06 bits per heavy atom. The standard InChI is InChI=1S/C10H12F3N3O/c1-2-3-14-8(17)5-15-10-7(12)4-6(11)9(13)16-10/h4H,2-3,5H2,1H3,(H,14,17)(H,15,16). The monoisotopic (exact) mass is 247 g/mol. The van der Waals surface area contributed by atoms with Crippen LogP contribution in [-0.2, 0) is 4.79 Å². The minimum atomic E-state index is -1.41. The Morgan fingerprint density at radius 3 is 2.71 bits per heavy atom. The van der Waals surface area contributed by atoms with E-state index in [4.69, 9.17) is 0 Å². The van der Waals surface area contributed by atoms with Crippen molar-refractivity contribution in [3.63, 3.8) is 0 Å². The normalized spacial score (nSPS) is 10.1. The molecule has 2 N–H and O–H groups in total. The van der Waals surface area contributed by atoms with Gasteiger partial charge >= 0.3 is 0 Å². The van der Waals surface area contributed by atoms with E-state index in [1.54, 1.807) is 0 Å². The Labute approximate surface area is 96.2 Å². The van der Waals surface area contributed by atoms with Crippen molar-refractivity contribution in [3.8, 4) is 0 Å². The molecule has 0 spiro atoms. The van der Waals surface area contributed by atoms with Crippen LogP contribution in [0.4, 0.5) is 19.0 Å². The van der Waals surface area contributed by atoms with Crippen LogP contribution in [0.5, 0.6) is 0 Å². The second kappa shape index (κ2) is 6.07. The van der Waals surface area contributed by atoms with E-state index in [2.05, 4.69) is 15.6 Å². The van der Waals surface area contributed by atoms with Gasteiger partial charge in [0, 0.05) is 12.6 Å². The highest BCUT2D eigenvalue weighted by Gasteiger charge is 2.12. The van der Waals surface area contributed by atoms with Gasteiger partial charge in [-0.05, 0) is 6.42 Å². The number of nitrogens with one attached hydrogen (secondary N) is 2.